The number of piperidine rings is 1. The first-order valence-electron chi connectivity index (χ1n) is 7.87. The van der Waals surface area contributed by atoms with Crippen LogP contribution in [0.4, 0.5) is 0 Å². The second kappa shape index (κ2) is 8.76. The monoisotopic (exact) mass is 328 g/mol. The van der Waals surface area contributed by atoms with Crippen molar-refractivity contribution in [1.82, 2.24) is 10.2 Å². The standard InChI is InChI=1S/C16H25ClN2OS/c1-13-7-11-19(12-8-13)10-2-9-18-16(20)6-4-14-3-5-15(17)21-14/h3,5,13H,2,4,6-12H2,1H3,(H,18,20). The van der Waals surface area contributed by atoms with Crippen molar-refractivity contribution in [2.75, 3.05) is 26.2 Å². The summed E-state index contributed by atoms with van der Waals surface area (Å²) in [7, 11) is 0. The predicted octanol–water partition coefficient (Wildman–Crippen LogP) is 3.57. The van der Waals surface area contributed by atoms with Crippen LogP contribution in [0.3, 0.4) is 0 Å². The van der Waals surface area contributed by atoms with E-state index in [9.17, 15) is 4.79 Å². The summed E-state index contributed by atoms with van der Waals surface area (Å²) in [6.45, 7) is 6.66. The van der Waals surface area contributed by atoms with Crippen molar-refractivity contribution in [1.29, 1.82) is 0 Å². The van der Waals surface area contributed by atoms with Gasteiger partial charge in [-0.15, -0.1) is 11.3 Å². The Labute approximate surface area is 136 Å². The van der Waals surface area contributed by atoms with E-state index in [1.165, 1.54) is 30.8 Å². The Hall–Kier alpha value is -0.580. The van der Waals surface area contributed by atoms with Gasteiger partial charge in [0, 0.05) is 17.8 Å². The first kappa shape index (κ1) is 16.8. The third-order valence-electron chi connectivity index (χ3n) is 4.08. The average molecular weight is 329 g/mol. The molecule has 118 valence electrons. The van der Waals surface area contributed by atoms with Crippen LogP contribution in [-0.2, 0) is 11.2 Å². The van der Waals surface area contributed by atoms with E-state index in [4.69, 9.17) is 11.6 Å². The molecule has 0 spiro atoms. The molecule has 1 aromatic rings. The molecular weight excluding hydrogens is 304 g/mol. The number of carbonyl (C=O) groups is 1. The summed E-state index contributed by atoms with van der Waals surface area (Å²) in [5, 5.41) is 3.01. The van der Waals surface area contributed by atoms with Crippen molar-refractivity contribution in [3.8, 4) is 0 Å². The third kappa shape index (κ3) is 6.37. The first-order valence-corrected chi connectivity index (χ1v) is 9.06. The number of nitrogens with zero attached hydrogens (tertiary/aromatic N) is 1. The lowest BCUT2D eigenvalue weighted by atomic mass is 9.99. The minimum Gasteiger partial charge on any atom is -0.356 e. The first-order chi connectivity index (χ1) is 10.1. The molecule has 0 aromatic carbocycles. The van der Waals surface area contributed by atoms with Crippen LogP contribution in [0, 0.1) is 5.92 Å². The molecule has 1 saturated heterocycles. The normalized spacial score (nSPS) is 17.0. The van der Waals surface area contributed by atoms with Crippen LogP contribution in [0.2, 0.25) is 4.34 Å². The number of amides is 1. The minimum absolute atomic E-state index is 0.145. The number of aryl methyl sites for hydroxylation is 1. The smallest absolute Gasteiger partial charge is 0.220 e. The van der Waals surface area contributed by atoms with E-state index in [0.29, 0.717) is 6.42 Å². The van der Waals surface area contributed by atoms with Crippen LogP contribution in [0.1, 0.15) is 37.5 Å². The van der Waals surface area contributed by atoms with Crippen LogP contribution < -0.4 is 5.32 Å². The van der Waals surface area contributed by atoms with Gasteiger partial charge in [-0.05, 0) is 63.4 Å². The van der Waals surface area contributed by atoms with Crippen molar-refractivity contribution in [3.05, 3.63) is 21.3 Å². The van der Waals surface area contributed by atoms with Gasteiger partial charge in [0.05, 0.1) is 4.34 Å². The largest absolute Gasteiger partial charge is 0.356 e. The van der Waals surface area contributed by atoms with Crippen LogP contribution in [-0.4, -0.2) is 37.0 Å². The Morgan fingerprint density at radius 1 is 1.43 bits per heavy atom. The Kier molecular flexibility index (Phi) is 7.00. The molecular formula is C16H25ClN2OS. The van der Waals surface area contributed by atoms with E-state index in [1.54, 1.807) is 11.3 Å². The van der Waals surface area contributed by atoms with Gasteiger partial charge in [0.25, 0.3) is 0 Å². The fourth-order valence-corrected chi connectivity index (χ4v) is 3.71. The van der Waals surface area contributed by atoms with Crippen molar-refractivity contribution in [3.63, 3.8) is 0 Å². The minimum atomic E-state index is 0.145. The van der Waals surface area contributed by atoms with E-state index in [0.717, 1.165) is 36.2 Å². The van der Waals surface area contributed by atoms with E-state index >= 15 is 0 Å². The number of hydrogen-bond donors (Lipinski definition) is 1. The number of carbonyl (C=O) groups excluding carboxylic acids is 1. The third-order valence-corrected chi connectivity index (χ3v) is 5.37. The highest BCUT2D eigenvalue weighted by Crippen LogP contribution is 2.22. The highest BCUT2D eigenvalue weighted by Gasteiger charge is 2.14. The molecule has 1 amide bonds. The van der Waals surface area contributed by atoms with Gasteiger partial charge in [0.2, 0.25) is 5.91 Å². The molecule has 1 aliphatic rings. The second-order valence-corrected chi connectivity index (χ2v) is 7.73. The maximum absolute atomic E-state index is 11.8. The summed E-state index contributed by atoms with van der Waals surface area (Å²) in [4.78, 5) is 15.5. The van der Waals surface area contributed by atoms with Crippen LogP contribution in [0.15, 0.2) is 12.1 Å². The van der Waals surface area contributed by atoms with E-state index < -0.39 is 0 Å². The predicted molar refractivity (Wildman–Crippen MR) is 90.1 cm³/mol. The second-order valence-electron chi connectivity index (χ2n) is 5.93. The number of halogens is 1. The Bertz CT molecular complexity index is 441. The maximum Gasteiger partial charge on any atom is 0.220 e. The summed E-state index contributed by atoms with van der Waals surface area (Å²) < 4.78 is 0.793. The quantitative estimate of drug-likeness (QED) is 0.776. The molecule has 0 unspecified atom stereocenters. The number of thiophene rings is 1. The Morgan fingerprint density at radius 3 is 2.86 bits per heavy atom. The average Bonchev–Trinajstić information content (AvgIpc) is 2.89. The van der Waals surface area contributed by atoms with Crippen LogP contribution in [0.25, 0.3) is 0 Å². The molecule has 5 heteroatoms. The SMILES string of the molecule is CC1CCN(CCCNC(=O)CCc2ccc(Cl)s2)CC1. The fourth-order valence-electron chi connectivity index (χ4n) is 2.63. The maximum atomic E-state index is 11.8. The fraction of sp³-hybridized carbons (Fsp3) is 0.688. The lowest BCUT2D eigenvalue weighted by molar-refractivity contribution is -0.121. The zero-order chi connectivity index (χ0) is 15.1. The molecule has 2 rings (SSSR count). The summed E-state index contributed by atoms with van der Waals surface area (Å²) >= 11 is 7.43. The van der Waals surface area contributed by atoms with Crippen molar-refractivity contribution < 1.29 is 4.79 Å². The lowest BCUT2D eigenvalue weighted by Crippen LogP contribution is -2.35. The number of hydrogen-bond acceptors (Lipinski definition) is 3. The van der Waals surface area contributed by atoms with Gasteiger partial charge in [0.1, 0.15) is 0 Å². The molecule has 1 fully saturated rings. The van der Waals surface area contributed by atoms with E-state index in [2.05, 4.69) is 17.1 Å². The Morgan fingerprint density at radius 2 is 2.19 bits per heavy atom. The number of likely N-dealkylation sites (tertiary alicyclic amines) is 1. The Balaban J connectivity index is 1.51. The van der Waals surface area contributed by atoms with E-state index in [1.807, 2.05) is 12.1 Å². The molecule has 0 atom stereocenters. The molecule has 0 bridgehead atoms. The van der Waals surface area contributed by atoms with Gasteiger partial charge < -0.3 is 10.2 Å². The lowest BCUT2D eigenvalue weighted by Gasteiger charge is -2.30. The van der Waals surface area contributed by atoms with Crippen molar-refractivity contribution >= 4 is 28.8 Å². The van der Waals surface area contributed by atoms with Crippen molar-refractivity contribution in [2.45, 2.75) is 39.0 Å². The number of rotatable bonds is 7. The van der Waals surface area contributed by atoms with E-state index in [-0.39, 0.29) is 5.91 Å². The van der Waals surface area contributed by atoms with Crippen LogP contribution >= 0.6 is 22.9 Å². The highest BCUT2D eigenvalue weighted by molar-refractivity contribution is 7.16. The number of nitrogens with one attached hydrogen (secondary N) is 1. The topological polar surface area (TPSA) is 32.3 Å². The molecule has 21 heavy (non-hydrogen) atoms. The molecule has 0 radical (unpaired) electrons. The van der Waals surface area contributed by atoms with Gasteiger partial charge in [-0.1, -0.05) is 18.5 Å². The van der Waals surface area contributed by atoms with Crippen LogP contribution in [0.5, 0.6) is 0 Å². The van der Waals surface area contributed by atoms with Crippen molar-refractivity contribution in [2.24, 2.45) is 5.92 Å². The summed E-state index contributed by atoms with van der Waals surface area (Å²) in [5.74, 6) is 1.03. The zero-order valence-electron chi connectivity index (χ0n) is 12.7. The van der Waals surface area contributed by atoms with Gasteiger partial charge in [-0.25, -0.2) is 0 Å². The van der Waals surface area contributed by atoms with Gasteiger partial charge in [0.15, 0.2) is 0 Å². The summed E-state index contributed by atoms with van der Waals surface area (Å²) in [6.07, 6.45) is 5.02. The highest BCUT2D eigenvalue weighted by atomic mass is 35.5. The molecule has 1 aliphatic heterocycles. The molecule has 0 aliphatic carbocycles. The molecule has 1 N–H and O–H groups in total. The molecule has 1 aromatic heterocycles. The van der Waals surface area contributed by atoms with Gasteiger partial charge in [-0.2, -0.15) is 0 Å². The zero-order valence-corrected chi connectivity index (χ0v) is 14.3. The van der Waals surface area contributed by atoms with Gasteiger partial charge in [-0.3, -0.25) is 4.79 Å². The summed E-state index contributed by atoms with van der Waals surface area (Å²) in [6, 6.07) is 3.89. The molecule has 2 heterocycles. The summed E-state index contributed by atoms with van der Waals surface area (Å²) in [5.41, 5.74) is 0. The van der Waals surface area contributed by atoms with Gasteiger partial charge >= 0.3 is 0 Å². The molecule has 3 nitrogen and oxygen atoms in total. The molecule has 0 saturated carbocycles.